The van der Waals surface area contributed by atoms with Crippen LogP contribution in [0.15, 0.2) is 28.8 Å². The number of aromatic nitrogens is 1. The molecule has 1 aromatic heterocycles. The lowest BCUT2D eigenvalue weighted by Gasteiger charge is -2.06. The van der Waals surface area contributed by atoms with E-state index in [1.54, 1.807) is 7.11 Å². The first kappa shape index (κ1) is 11.7. The van der Waals surface area contributed by atoms with Crippen molar-refractivity contribution in [1.82, 2.24) is 5.16 Å². The zero-order chi connectivity index (χ0) is 12.4. The molecule has 1 heterocycles. The van der Waals surface area contributed by atoms with Gasteiger partial charge in [0.25, 0.3) is 0 Å². The van der Waals surface area contributed by atoms with Crippen LogP contribution in [0.4, 0.5) is 0 Å². The van der Waals surface area contributed by atoms with Gasteiger partial charge in [-0.2, -0.15) is 0 Å². The third-order valence-corrected chi connectivity index (χ3v) is 2.61. The van der Waals surface area contributed by atoms with Crippen molar-refractivity contribution >= 4 is 0 Å². The second kappa shape index (κ2) is 4.59. The van der Waals surface area contributed by atoms with Gasteiger partial charge < -0.3 is 15.0 Å². The first-order valence-corrected chi connectivity index (χ1v) is 5.49. The molecule has 1 unspecified atom stereocenters. The highest BCUT2D eigenvalue weighted by Crippen LogP contribution is 2.31. The first-order chi connectivity index (χ1) is 8.11. The fourth-order valence-electron chi connectivity index (χ4n) is 1.65. The van der Waals surface area contributed by atoms with Gasteiger partial charge >= 0.3 is 0 Å². The molecule has 2 rings (SSSR count). The Morgan fingerprint density at radius 3 is 2.71 bits per heavy atom. The molecule has 2 aromatic rings. The number of ether oxygens (including phenoxy) is 1. The summed E-state index contributed by atoms with van der Waals surface area (Å²) in [4.78, 5) is 0. The van der Waals surface area contributed by atoms with Gasteiger partial charge in [0.2, 0.25) is 0 Å². The minimum atomic E-state index is -0.160. The SMILES string of the molecule is COc1ccc(C)cc1-c1cc(C(C)N)on1. The molecule has 1 aromatic carbocycles. The van der Waals surface area contributed by atoms with Crippen molar-refractivity contribution in [1.29, 1.82) is 0 Å². The Labute approximate surface area is 100 Å². The van der Waals surface area contributed by atoms with Gasteiger partial charge in [-0.1, -0.05) is 16.8 Å². The quantitative estimate of drug-likeness (QED) is 0.883. The normalized spacial score (nSPS) is 12.5. The van der Waals surface area contributed by atoms with Gasteiger partial charge in [-0.25, -0.2) is 0 Å². The molecule has 0 fully saturated rings. The highest BCUT2D eigenvalue weighted by molar-refractivity contribution is 5.67. The number of rotatable bonds is 3. The summed E-state index contributed by atoms with van der Waals surface area (Å²) in [5, 5.41) is 4.02. The van der Waals surface area contributed by atoms with E-state index in [9.17, 15) is 0 Å². The summed E-state index contributed by atoms with van der Waals surface area (Å²) in [6, 6.07) is 7.62. The molecule has 0 saturated carbocycles. The molecule has 0 bridgehead atoms. The van der Waals surface area contributed by atoms with Crippen molar-refractivity contribution in [3.63, 3.8) is 0 Å². The van der Waals surface area contributed by atoms with Crippen molar-refractivity contribution in [2.45, 2.75) is 19.9 Å². The molecule has 1 atom stereocenters. The molecule has 90 valence electrons. The maximum Gasteiger partial charge on any atom is 0.153 e. The van der Waals surface area contributed by atoms with Crippen LogP contribution in [-0.4, -0.2) is 12.3 Å². The molecule has 0 radical (unpaired) electrons. The molecular weight excluding hydrogens is 216 g/mol. The van der Waals surface area contributed by atoms with E-state index in [1.807, 2.05) is 38.1 Å². The van der Waals surface area contributed by atoms with Crippen LogP contribution in [-0.2, 0) is 0 Å². The third kappa shape index (κ3) is 2.31. The Kier molecular flexibility index (Phi) is 3.15. The lowest BCUT2D eigenvalue weighted by atomic mass is 10.1. The Balaban J connectivity index is 2.47. The van der Waals surface area contributed by atoms with Crippen molar-refractivity contribution in [2.75, 3.05) is 7.11 Å². The zero-order valence-electron chi connectivity index (χ0n) is 10.2. The highest BCUT2D eigenvalue weighted by Gasteiger charge is 2.13. The van der Waals surface area contributed by atoms with E-state index in [2.05, 4.69) is 5.16 Å². The number of nitrogens with zero attached hydrogens (tertiary/aromatic N) is 1. The van der Waals surface area contributed by atoms with Crippen molar-refractivity contribution < 1.29 is 9.26 Å². The number of nitrogens with two attached hydrogens (primary N) is 1. The Hall–Kier alpha value is -1.81. The van der Waals surface area contributed by atoms with Crippen molar-refractivity contribution in [3.8, 4) is 17.0 Å². The molecule has 0 aliphatic heterocycles. The molecule has 0 saturated heterocycles. The number of benzene rings is 1. The predicted octanol–water partition coefficient (Wildman–Crippen LogP) is 2.68. The fourth-order valence-corrected chi connectivity index (χ4v) is 1.65. The standard InChI is InChI=1S/C13H16N2O2/c1-8-4-5-12(16-3)10(6-8)11-7-13(9(2)14)17-15-11/h4-7,9H,14H2,1-3H3. The molecule has 2 N–H and O–H groups in total. The van der Waals surface area contributed by atoms with Gasteiger partial charge in [0.05, 0.1) is 13.2 Å². The Morgan fingerprint density at radius 1 is 1.35 bits per heavy atom. The van der Waals surface area contributed by atoms with Crippen LogP contribution in [0.2, 0.25) is 0 Å². The zero-order valence-corrected chi connectivity index (χ0v) is 10.2. The van der Waals surface area contributed by atoms with E-state index in [0.29, 0.717) is 5.76 Å². The van der Waals surface area contributed by atoms with Crippen molar-refractivity contribution in [3.05, 3.63) is 35.6 Å². The summed E-state index contributed by atoms with van der Waals surface area (Å²) in [5.74, 6) is 1.45. The van der Waals surface area contributed by atoms with E-state index >= 15 is 0 Å². The molecule has 0 amide bonds. The number of hydrogen-bond donors (Lipinski definition) is 1. The summed E-state index contributed by atoms with van der Waals surface area (Å²) in [5.41, 5.74) is 8.55. The van der Waals surface area contributed by atoms with E-state index in [0.717, 1.165) is 22.6 Å². The predicted molar refractivity (Wildman–Crippen MR) is 65.8 cm³/mol. The Bertz CT molecular complexity index is 518. The number of hydrogen-bond acceptors (Lipinski definition) is 4. The molecule has 17 heavy (non-hydrogen) atoms. The minimum absolute atomic E-state index is 0.160. The lowest BCUT2D eigenvalue weighted by molar-refractivity contribution is 0.368. The average molecular weight is 232 g/mol. The van der Waals surface area contributed by atoms with E-state index in [1.165, 1.54) is 0 Å². The molecule has 0 aliphatic carbocycles. The lowest BCUT2D eigenvalue weighted by Crippen LogP contribution is -2.02. The topological polar surface area (TPSA) is 61.3 Å². The second-order valence-electron chi connectivity index (χ2n) is 4.11. The van der Waals surface area contributed by atoms with E-state index < -0.39 is 0 Å². The van der Waals surface area contributed by atoms with Gasteiger partial charge in [0, 0.05) is 11.6 Å². The van der Waals surface area contributed by atoms with Gasteiger partial charge in [0.15, 0.2) is 5.76 Å². The minimum Gasteiger partial charge on any atom is -0.496 e. The van der Waals surface area contributed by atoms with Gasteiger partial charge in [-0.3, -0.25) is 0 Å². The fraction of sp³-hybridized carbons (Fsp3) is 0.308. The highest BCUT2D eigenvalue weighted by atomic mass is 16.5. The van der Waals surface area contributed by atoms with Crippen LogP contribution < -0.4 is 10.5 Å². The number of methoxy groups -OCH3 is 1. The summed E-state index contributed by atoms with van der Waals surface area (Å²) in [7, 11) is 1.64. The van der Waals surface area contributed by atoms with Crippen molar-refractivity contribution in [2.24, 2.45) is 5.73 Å². The van der Waals surface area contributed by atoms with Gasteiger partial charge in [-0.05, 0) is 26.0 Å². The molecule has 0 spiro atoms. The van der Waals surface area contributed by atoms with Crippen LogP contribution in [0.1, 0.15) is 24.3 Å². The van der Waals surface area contributed by atoms with Gasteiger partial charge in [-0.15, -0.1) is 0 Å². The summed E-state index contributed by atoms with van der Waals surface area (Å²) in [6.45, 7) is 3.88. The average Bonchev–Trinajstić information content (AvgIpc) is 2.78. The molecule has 0 aliphatic rings. The summed E-state index contributed by atoms with van der Waals surface area (Å²) in [6.07, 6.45) is 0. The molecule has 4 nitrogen and oxygen atoms in total. The van der Waals surface area contributed by atoms with E-state index in [4.69, 9.17) is 15.0 Å². The van der Waals surface area contributed by atoms with Crippen LogP contribution >= 0.6 is 0 Å². The monoisotopic (exact) mass is 232 g/mol. The van der Waals surface area contributed by atoms with E-state index in [-0.39, 0.29) is 6.04 Å². The largest absolute Gasteiger partial charge is 0.496 e. The third-order valence-electron chi connectivity index (χ3n) is 2.61. The maximum absolute atomic E-state index is 5.74. The van der Waals surface area contributed by atoms with Crippen LogP contribution in [0.5, 0.6) is 5.75 Å². The first-order valence-electron chi connectivity index (χ1n) is 5.49. The molecular formula is C13H16N2O2. The summed E-state index contributed by atoms with van der Waals surface area (Å²) < 4.78 is 10.5. The smallest absolute Gasteiger partial charge is 0.153 e. The van der Waals surface area contributed by atoms with Crippen LogP contribution in [0.3, 0.4) is 0 Å². The Morgan fingerprint density at radius 2 is 2.12 bits per heavy atom. The summed E-state index contributed by atoms with van der Waals surface area (Å²) >= 11 is 0. The van der Waals surface area contributed by atoms with Crippen LogP contribution in [0.25, 0.3) is 11.3 Å². The number of aryl methyl sites for hydroxylation is 1. The molecule has 4 heteroatoms. The second-order valence-corrected chi connectivity index (χ2v) is 4.11. The van der Waals surface area contributed by atoms with Crippen LogP contribution in [0, 0.1) is 6.92 Å². The maximum atomic E-state index is 5.74. The van der Waals surface area contributed by atoms with Gasteiger partial charge in [0.1, 0.15) is 11.4 Å².